The van der Waals surface area contributed by atoms with Gasteiger partial charge in [0.2, 0.25) is 0 Å². The highest BCUT2D eigenvalue weighted by atomic mass is 16.6. The van der Waals surface area contributed by atoms with Crippen molar-refractivity contribution in [3.05, 3.63) is 40.2 Å². The molecule has 7 nitrogen and oxygen atoms in total. The van der Waals surface area contributed by atoms with Crippen molar-refractivity contribution in [3.63, 3.8) is 0 Å². The van der Waals surface area contributed by atoms with Crippen LogP contribution in [0.25, 0.3) is 11.0 Å². The summed E-state index contributed by atoms with van der Waals surface area (Å²) in [6.45, 7) is 8.42. The average Bonchev–Trinajstić information content (AvgIpc) is 2.62. The molecule has 2 aromatic rings. The molecule has 0 saturated heterocycles. The molecular weight excluding hydrogens is 364 g/mol. The lowest BCUT2D eigenvalue weighted by Gasteiger charge is -2.43. The number of benzene rings is 1. The minimum absolute atomic E-state index is 0.250. The quantitative estimate of drug-likeness (QED) is 0.584. The SMILES string of the molecule is CCC(C)C(=O)O[C@H]1c2c(ccc3ccc(=O)oc23)OC(C)(C)[C@H]1OC(C)=O. The van der Waals surface area contributed by atoms with E-state index in [1.807, 2.05) is 6.92 Å². The fourth-order valence-electron chi connectivity index (χ4n) is 3.26. The van der Waals surface area contributed by atoms with E-state index in [1.54, 1.807) is 39.0 Å². The zero-order valence-corrected chi connectivity index (χ0v) is 16.6. The van der Waals surface area contributed by atoms with Crippen LogP contribution in [0.4, 0.5) is 0 Å². The Hall–Kier alpha value is -2.83. The molecule has 1 aromatic carbocycles. The highest BCUT2D eigenvalue weighted by Gasteiger charge is 2.50. The summed E-state index contributed by atoms with van der Waals surface area (Å²) in [7, 11) is 0. The summed E-state index contributed by atoms with van der Waals surface area (Å²) in [5.41, 5.74) is -0.874. The van der Waals surface area contributed by atoms with Crippen molar-refractivity contribution in [1.82, 2.24) is 0 Å². The summed E-state index contributed by atoms with van der Waals surface area (Å²) in [5.74, 6) is -0.883. The second kappa shape index (κ2) is 7.30. The molecule has 7 heteroatoms. The topological polar surface area (TPSA) is 92.0 Å². The van der Waals surface area contributed by atoms with Crippen molar-refractivity contribution < 1.29 is 28.2 Å². The summed E-state index contributed by atoms with van der Waals surface area (Å²) >= 11 is 0. The number of carbonyl (C=O) groups excluding carboxylic acids is 2. The van der Waals surface area contributed by atoms with Crippen LogP contribution in [0, 0.1) is 5.92 Å². The van der Waals surface area contributed by atoms with Crippen LogP contribution < -0.4 is 10.4 Å². The molecular formula is C21H24O7. The summed E-state index contributed by atoms with van der Waals surface area (Å²) in [6.07, 6.45) is -1.29. The van der Waals surface area contributed by atoms with Gasteiger partial charge in [0, 0.05) is 18.4 Å². The van der Waals surface area contributed by atoms with E-state index in [0.717, 1.165) is 0 Å². The highest BCUT2D eigenvalue weighted by Crippen LogP contribution is 2.46. The number of carbonyl (C=O) groups is 2. The van der Waals surface area contributed by atoms with E-state index in [0.29, 0.717) is 23.1 Å². The molecule has 1 aliphatic rings. The minimum atomic E-state index is -0.974. The maximum atomic E-state index is 12.6. The second-order valence-electron chi connectivity index (χ2n) is 7.55. The van der Waals surface area contributed by atoms with Gasteiger partial charge in [0.25, 0.3) is 0 Å². The number of hydrogen-bond acceptors (Lipinski definition) is 7. The van der Waals surface area contributed by atoms with Gasteiger partial charge in [-0.3, -0.25) is 9.59 Å². The van der Waals surface area contributed by atoms with Crippen molar-refractivity contribution in [2.75, 3.05) is 0 Å². The molecule has 0 bridgehead atoms. The first-order valence-corrected chi connectivity index (χ1v) is 9.27. The molecule has 1 aromatic heterocycles. The Morgan fingerprint density at radius 3 is 2.50 bits per heavy atom. The Balaban J connectivity index is 2.22. The molecule has 1 unspecified atom stereocenters. The molecule has 0 saturated carbocycles. The lowest BCUT2D eigenvalue weighted by Crippen LogP contribution is -2.52. The second-order valence-corrected chi connectivity index (χ2v) is 7.55. The van der Waals surface area contributed by atoms with Crippen molar-refractivity contribution in [1.29, 1.82) is 0 Å². The Bertz CT molecular complexity index is 972. The van der Waals surface area contributed by atoms with Gasteiger partial charge < -0.3 is 18.6 Å². The van der Waals surface area contributed by atoms with E-state index in [4.69, 9.17) is 18.6 Å². The third kappa shape index (κ3) is 3.61. The molecule has 0 aliphatic carbocycles. The monoisotopic (exact) mass is 388 g/mol. The third-order valence-corrected chi connectivity index (χ3v) is 4.96. The van der Waals surface area contributed by atoms with E-state index < -0.39 is 35.4 Å². The molecule has 3 atom stereocenters. The summed E-state index contributed by atoms with van der Waals surface area (Å²) in [4.78, 5) is 36.2. The van der Waals surface area contributed by atoms with Gasteiger partial charge in [0.1, 0.15) is 16.9 Å². The van der Waals surface area contributed by atoms with Crippen LogP contribution in [-0.4, -0.2) is 23.6 Å². The van der Waals surface area contributed by atoms with Crippen molar-refractivity contribution in [2.24, 2.45) is 5.92 Å². The first kappa shape index (κ1) is 19.9. The van der Waals surface area contributed by atoms with Crippen LogP contribution >= 0.6 is 0 Å². The van der Waals surface area contributed by atoms with Gasteiger partial charge in [0.15, 0.2) is 12.2 Å². The van der Waals surface area contributed by atoms with Crippen LogP contribution in [0.5, 0.6) is 5.75 Å². The zero-order chi connectivity index (χ0) is 20.6. The van der Waals surface area contributed by atoms with Gasteiger partial charge in [-0.15, -0.1) is 0 Å². The van der Waals surface area contributed by atoms with E-state index in [-0.39, 0.29) is 11.5 Å². The van der Waals surface area contributed by atoms with Crippen LogP contribution in [0.2, 0.25) is 0 Å². The Labute approximate surface area is 162 Å². The van der Waals surface area contributed by atoms with E-state index >= 15 is 0 Å². The normalized spacial score (nSPS) is 21.3. The first-order valence-electron chi connectivity index (χ1n) is 9.27. The van der Waals surface area contributed by atoms with Crippen molar-refractivity contribution >= 4 is 22.9 Å². The lowest BCUT2D eigenvalue weighted by atomic mass is 9.87. The predicted octanol–water partition coefficient (Wildman–Crippen LogP) is 3.53. The fraction of sp³-hybridized carbons (Fsp3) is 0.476. The third-order valence-electron chi connectivity index (χ3n) is 4.96. The number of esters is 2. The Morgan fingerprint density at radius 1 is 1.18 bits per heavy atom. The summed E-state index contributed by atoms with van der Waals surface area (Å²) < 4.78 is 22.8. The molecule has 0 N–H and O–H groups in total. The standard InChI is InChI=1S/C21H24O7/c1-6-11(2)20(24)27-18-16-14(28-21(4,5)19(18)25-12(3)22)9-7-13-8-10-15(23)26-17(13)16/h7-11,18-19H,6H2,1-5H3/t11?,18-,19-/m0/s1. The molecule has 150 valence electrons. The fourth-order valence-corrected chi connectivity index (χ4v) is 3.26. The highest BCUT2D eigenvalue weighted by molar-refractivity contribution is 5.84. The largest absolute Gasteiger partial charge is 0.483 e. The van der Waals surface area contributed by atoms with Gasteiger partial charge in [-0.05, 0) is 38.5 Å². The lowest BCUT2D eigenvalue weighted by molar-refractivity contribution is -0.191. The maximum Gasteiger partial charge on any atom is 0.336 e. The average molecular weight is 388 g/mol. The zero-order valence-electron chi connectivity index (χ0n) is 16.6. The van der Waals surface area contributed by atoms with E-state index in [1.165, 1.54) is 13.0 Å². The number of rotatable bonds is 4. The number of fused-ring (bicyclic) bond motifs is 3. The number of ether oxygens (including phenoxy) is 3. The van der Waals surface area contributed by atoms with Crippen LogP contribution in [0.15, 0.2) is 33.5 Å². The van der Waals surface area contributed by atoms with Crippen LogP contribution in [0.1, 0.15) is 52.7 Å². The maximum absolute atomic E-state index is 12.6. The predicted molar refractivity (Wildman–Crippen MR) is 101 cm³/mol. The van der Waals surface area contributed by atoms with Gasteiger partial charge in [-0.2, -0.15) is 0 Å². The number of hydrogen-bond donors (Lipinski definition) is 0. The van der Waals surface area contributed by atoms with Gasteiger partial charge in [-0.25, -0.2) is 4.79 Å². The van der Waals surface area contributed by atoms with Gasteiger partial charge in [-0.1, -0.05) is 13.8 Å². The van der Waals surface area contributed by atoms with E-state index in [9.17, 15) is 14.4 Å². The van der Waals surface area contributed by atoms with Crippen molar-refractivity contribution in [2.45, 2.75) is 58.8 Å². The molecule has 2 heterocycles. The molecule has 0 amide bonds. The first-order chi connectivity index (χ1) is 13.1. The van der Waals surface area contributed by atoms with Gasteiger partial charge in [0.05, 0.1) is 11.5 Å². The molecule has 3 rings (SSSR count). The van der Waals surface area contributed by atoms with Crippen LogP contribution in [0.3, 0.4) is 0 Å². The molecule has 0 fully saturated rings. The summed E-state index contributed by atoms with van der Waals surface area (Å²) in [6, 6.07) is 6.42. The van der Waals surface area contributed by atoms with Gasteiger partial charge >= 0.3 is 17.6 Å². The Kier molecular flexibility index (Phi) is 5.19. The Morgan fingerprint density at radius 2 is 1.86 bits per heavy atom. The molecule has 0 radical (unpaired) electrons. The summed E-state index contributed by atoms with van der Waals surface area (Å²) in [5, 5.41) is 0.646. The smallest absolute Gasteiger partial charge is 0.336 e. The van der Waals surface area contributed by atoms with Crippen molar-refractivity contribution in [3.8, 4) is 5.75 Å². The van der Waals surface area contributed by atoms with E-state index in [2.05, 4.69) is 0 Å². The molecule has 1 aliphatic heterocycles. The molecule has 0 spiro atoms. The van der Waals surface area contributed by atoms with Crippen LogP contribution in [-0.2, 0) is 19.1 Å². The molecule has 28 heavy (non-hydrogen) atoms. The minimum Gasteiger partial charge on any atom is -0.483 e.